The first-order valence-corrected chi connectivity index (χ1v) is 10.7. The van der Waals surface area contributed by atoms with Crippen LogP contribution in [0.25, 0.3) is 0 Å². The maximum atomic E-state index is 11.5. The molecule has 0 amide bonds. The number of carbonyl (C=O) groups is 2. The van der Waals surface area contributed by atoms with Gasteiger partial charge in [0.2, 0.25) is 0 Å². The van der Waals surface area contributed by atoms with Crippen LogP contribution in [-0.2, 0) is 23.6 Å². The van der Waals surface area contributed by atoms with Gasteiger partial charge in [-0.05, 0) is 78.2 Å². The summed E-state index contributed by atoms with van der Waals surface area (Å²) in [4.78, 5) is 22.1. The summed E-state index contributed by atoms with van der Waals surface area (Å²) in [5, 5.41) is 46.9. The van der Waals surface area contributed by atoms with Gasteiger partial charge in [-0.3, -0.25) is 9.59 Å². The molecule has 4 rings (SSSR count). The summed E-state index contributed by atoms with van der Waals surface area (Å²) in [6, 6.07) is 5.96. The van der Waals surface area contributed by atoms with E-state index >= 15 is 0 Å². The fraction of sp³-hybridized carbons (Fsp3) is 0.364. The molecular formula is C22H27B2LiO11. The summed E-state index contributed by atoms with van der Waals surface area (Å²) < 4.78 is 15.3. The number of fused-ring (bicyclic) bond motifs is 2. The van der Waals surface area contributed by atoms with Gasteiger partial charge in [0.25, 0.3) is 0 Å². The van der Waals surface area contributed by atoms with E-state index in [2.05, 4.69) is 0 Å². The van der Waals surface area contributed by atoms with E-state index in [1.54, 1.807) is 26.8 Å². The third-order valence-electron chi connectivity index (χ3n) is 5.59. The van der Waals surface area contributed by atoms with Crippen molar-refractivity contribution in [3.63, 3.8) is 0 Å². The van der Waals surface area contributed by atoms with Crippen LogP contribution in [0.5, 0.6) is 11.5 Å². The van der Waals surface area contributed by atoms with Gasteiger partial charge in [-0.2, -0.15) is 0 Å². The molecular weight excluding hydrogens is 469 g/mol. The molecule has 0 spiro atoms. The number of aromatic hydroxyl groups is 2. The minimum atomic E-state index is -1.16. The molecule has 2 heterocycles. The fourth-order valence-electron chi connectivity index (χ4n) is 4.32. The van der Waals surface area contributed by atoms with Gasteiger partial charge in [0.05, 0.1) is 31.7 Å². The van der Waals surface area contributed by atoms with Crippen LogP contribution in [0, 0.1) is 13.8 Å². The van der Waals surface area contributed by atoms with Gasteiger partial charge < -0.3 is 44.9 Å². The molecule has 0 saturated heterocycles. The Hall–Kier alpha value is -2.49. The number of aliphatic carboxylic acids is 1. The smallest absolute Gasteiger partial charge is 0.870 e. The molecule has 2 aliphatic rings. The van der Waals surface area contributed by atoms with Gasteiger partial charge in [0, 0.05) is 0 Å². The van der Waals surface area contributed by atoms with Crippen LogP contribution in [0.2, 0.25) is 0 Å². The van der Waals surface area contributed by atoms with Gasteiger partial charge in [0.15, 0.2) is 0 Å². The van der Waals surface area contributed by atoms with Gasteiger partial charge in [0.1, 0.15) is 11.5 Å². The van der Waals surface area contributed by atoms with Crippen molar-refractivity contribution in [1.82, 2.24) is 0 Å². The molecule has 0 bridgehead atoms. The quantitative estimate of drug-likeness (QED) is 0.212. The maximum absolute atomic E-state index is 11.5. The average molecular weight is 496 g/mol. The number of rotatable bonds is 5. The molecule has 2 aromatic rings. The first-order valence-electron chi connectivity index (χ1n) is 10.7. The molecule has 14 heteroatoms. The minimum absolute atomic E-state index is 0. The SMILES string of the molecule is CCOC(=O)C[C@@H]1OB(O)c2cc(O)cc(C)c21.Cc1cc(O)cc2c1[C@H](CC(=O)O)OB2O.[Li+].[OH-]. The molecule has 6 N–H and O–H groups in total. The Balaban J connectivity index is 0.000000343. The molecule has 0 radical (unpaired) electrons. The van der Waals surface area contributed by atoms with E-state index in [0.29, 0.717) is 23.1 Å². The summed E-state index contributed by atoms with van der Waals surface area (Å²) >= 11 is 0. The van der Waals surface area contributed by atoms with E-state index in [9.17, 15) is 29.9 Å². The van der Waals surface area contributed by atoms with E-state index in [-0.39, 0.29) is 54.6 Å². The van der Waals surface area contributed by atoms with Gasteiger partial charge in [-0.25, -0.2) is 0 Å². The van der Waals surface area contributed by atoms with Crippen molar-refractivity contribution < 1.29 is 73.3 Å². The topological polar surface area (TPSA) is 193 Å². The van der Waals surface area contributed by atoms with Gasteiger partial charge >= 0.3 is 45.0 Å². The summed E-state index contributed by atoms with van der Waals surface area (Å²) in [6.07, 6.45) is -1.31. The van der Waals surface area contributed by atoms with Crippen molar-refractivity contribution in [1.29, 1.82) is 0 Å². The molecule has 36 heavy (non-hydrogen) atoms. The Labute approximate surface area is 220 Å². The van der Waals surface area contributed by atoms with E-state index in [0.717, 1.165) is 16.7 Å². The zero-order valence-corrected chi connectivity index (χ0v) is 20.5. The Morgan fingerprint density at radius 3 is 1.69 bits per heavy atom. The van der Waals surface area contributed by atoms with E-state index < -0.39 is 32.4 Å². The van der Waals surface area contributed by atoms with Crippen LogP contribution in [0.15, 0.2) is 24.3 Å². The molecule has 11 nitrogen and oxygen atoms in total. The number of benzene rings is 2. The van der Waals surface area contributed by atoms with Crippen molar-refractivity contribution in [3.05, 3.63) is 46.5 Å². The van der Waals surface area contributed by atoms with Crippen LogP contribution >= 0.6 is 0 Å². The number of carboxylic acid groups (broad SMARTS) is 1. The Morgan fingerprint density at radius 1 is 0.889 bits per heavy atom. The number of esters is 1. The summed E-state index contributed by atoms with van der Waals surface area (Å²) in [6.45, 7) is 5.60. The van der Waals surface area contributed by atoms with Crippen molar-refractivity contribution >= 4 is 37.1 Å². The monoisotopic (exact) mass is 496 g/mol. The summed E-state index contributed by atoms with van der Waals surface area (Å²) in [5.74, 6) is -1.24. The number of carbonyl (C=O) groups excluding carboxylic acids is 1. The standard InChI is InChI=1S/C12H15BO5.C10H11BO5.Li.H2O/c1-3-17-11(15)6-10-12-7(2)4-8(14)5-9(12)13(16)18-10;1-5-2-6(12)3-7-10(5)8(4-9(13)14)16-11(7)15;;/h4-5,10,14,16H,3,6H2,1-2H3;2-3,8,12,15H,4H2,1H3,(H,13,14);;1H2/q;;+1;/p-1/t10-;8-;;/m00../s1. The van der Waals surface area contributed by atoms with Crippen LogP contribution in [-0.4, -0.2) is 63.6 Å². The van der Waals surface area contributed by atoms with Crippen LogP contribution in [0.3, 0.4) is 0 Å². The number of hydrogen-bond donors (Lipinski definition) is 5. The Bertz CT molecular complexity index is 1100. The predicted octanol–water partition coefficient (Wildman–Crippen LogP) is -2.83. The summed E-state index contributed by atoms with van der Waals surface area (Å²) in [5.41, 5.74) is 3.89. The first kappa shape index (κ1) is 31.5. The van der Waals surface area contributed by atoms with E-state index in [1.807, 2.05) is 0 Å². The second kappa shape index (κ2) is 13.2. The summed E-state index contributed by atoms with van der Waals surface area (Å²) in [7, 11) is -2.27. The van der Waals surface area contributed by atoms with Gasteiger partial charge in [-0.1, -0.05) is 0 Å². The number of aryl methyl sites for hydroxylation is 2. The molecule has 0 aliphatic carbocycles. The van der Waals surface area contributed by atoms with Crippen molar-refractivity contribution in [3.8, 4) is 11.5 Å². The largest absolute Gasteiger partial charge is 1.00 e. The fourth-order valence-corrected chi connectivity index (χ4v) is 4.32. The predicted molar refractivity (Wildman–Crippen MR) is 124 cm³/mol. The third kappa shape index (κ3) is 7.05. The van der Waals surface area contributed by atoms with E-state index in [4.69, 9.17) is 19.2 Å². The second-order valence-corrected chi connectivity index (χ2v) is 8.09. The average Bonchev–Trinajstić information content (AvgIpc) is 3.18. The van der Waals surface area contributed by atoms with E-state index in [1.165, 1.54) is 18.2 Å². The molecule has 2 atom stereocenters. The van der Waals surface area contributed by atoms with Crippen LogP contribution in [0.1, 0.15) is 54.2 Å². The zero-order valence-electron chi connectivity index (χ0n) is 20.5. The van der Waals surface area contributed by atoms with Gasteiger partial charge in [-0.15, -0.1) is 0 Å². The Morgan fingerprint density at radius 2 is 1.31 bits per heavy atom. The molecule has 2 aromatic carbocycles. The number of carboxylic acids is 1. The molecule has 0 fully saturated rings. The first-order chi connectivity index (χ1) is 16.0. The van der Waals surface area contributed by atoms with Crippen LogP contribution < -0.4 is 29.8 Å². The number of phenols is 2. The number of phenolic OH excluding ortho intramolecular Hbond substituents is 2. The molecule has 188 valence electrons. The van der Waals surface area contributed by atoms with Crippen molar-refractivity contribution in [2.24, 2.45) is 0 Å². The maximum Gasteiger partial charge on any atom is 1.00 e. The van der Waals surface area contributed by atoms with Crippen molar-refractivity contribution in [2.45, 2.75) is 45.8 Å². The normalized spacial score (nSPS) is 17.1. The van der Waals surface area contributed by atoms with Crippen molar-refractivity contribution in [2.75, 3.05) is 6.61 Å². The molecule has 0 saturated carbocycles. The second-order valence-electron chi connectivity index (χ2n) is 8.09. The minimum Gasteiger partial charge on any atom is -0.870 e. The zero-order chi connectivity index (χ0) is 25.2. The molecule has 0 unspecified atom stereocenters. The number of hydrogen-bond acceptors (Lipinski definition) is 10. The Kier molecular flexibility index (Phi) is 11.5. The molecule has 0 aromatic heterocycles. The third-order valence-corrected chi connectivity index (χ3v) is 5.59. The van der Waals surface area contributed by atoms with Crippen LogP contribution in [0.4, 0.5) is 0 Å². The molecule has 2 aliphatic heterocycles. The number of ether oxygens (including phenoxy) is 1.